The van der Waals surface area contributed by atoms with E-state index >= 15 is 0 Å². The Balaban J connectivity index is 2.22. The second kappa shape index (κ2) is 6.09. The van der Waals surface area contributed by atoms with Crippen LogP contribution in [-0.4, -0.2) is 21.8 Å². The third-order valence-electron chi connectivity index (χ3n) is 2.98. The van der Waals surface area contributed by atoms with Crippen LogP contribution in [0.5, 0.6) is 0 Å². The molecule has 0 aliphatic rings. The molecule has 2 heterocycles. The maximum absolute atomic E-state index is 12.5. The summed E-state index contributed by atoms with van der Waals surface area (Å²) in [6, 6.07) is 7.07. The number of amides is 1. The van der Waals surface area contributed by atoms with Crippen LogP contribution in [0, 0.1) is 6.92 Å². The molecule has 106 valence electrons. The number of furan rings is 1. The normalized spacial score (nSPS) is 10.8. The lowest BCUT2D eigenvalue weighted by Gasteiger charge is -2.26. The molecular weight excluding hydrogens is 276 g/mol. The van der Waals surface area contributed by atoms with Gasteiger partial charge in [0.2, 0.25) is 0 Å². The molecule has 0 bridgehead atoms. The number of hydrogen-bond acceptors (Lipinski definition) is 3. The van der Waals surface area contributed by atoms with Gasteiger partial charge in [0.15, 0.2) is 0 Å². The second-order valence-electron chi connectivity index (χ2n) is 4.91. The first kappa shape index (κ1) is 14.6. The van der Waals surface area contributed by atoms with Crippen molar-refractivity contribution in [1.29, 1.82) is 0 Å². The molecule has 0 saturated heterocycles. The molecule has 2 rings (SSSR count). The molecule has 2 aromatic heterocycles. The molecular formula is C15H17ClN2O2. The number of halogens is 1. The van der Waals surface area contributed by atoms with Gasteiger partial charge in [0.05, 0.1) is 6.54 Å². The van der Waals surface area contributed by atoms with Crippen molar-refractivity contribution in [2.45, 2.75) is 33.4 Å². The van der Waals surface area contributed by atoms with E-state index in [4.69, 9.17) is 16.0 Å². The van der Waals surface area contributed by atoms with Gasteiger partial charge in [-0.25, -0.2) is 4.98 Å². The first-order chi connectivity index (χ1) is 9.47. The van der Waals surface area contributed by atoms with Gasteiger partial charge in [0, 0.05) is 17.8 Å². The van der Waals surface area contributed by atoms with Crippen molar-refractivity contribution in [1.82, 2.24) is 9.88 Å². The van der Waals surface area contributed by atoms with Crippen molar-refractivity contribution in [2.75, 3.05) is 0 Å². The number of aryl methyl sites for hydroxylation is 1. The second-order valence-corrected chi connectivity index (χ2v) is 5.29. The van der Waals surface area contributed by atoms with Gasteiger partial charge in [0.1, 0.15) is 16.7 Å². The lowest BCUT2D eigenvalue weighted by molar-refractivity contribution is 0.0675. The Hall–Kier alpha value is -1.81. The van der Waals surface area contributed by atoms with Gasteiger partial charge in [-0.3, -0.25) is 4.79 Å². The van der Waals surface area contributed by atoms with Crippen molar-refractivity contribution in [3.63, 3.8) is 0 Å². The first-order valence-electron chi connectivity index (χ1n) is 6.45. The van der Waals surface area contributed by atoms with E-state index < -0.39 is 0 Å². The van der Waals surface area contributed by atoms with Crippen molar-refractivity contribution in [3.05, 3.63) is 52.7 Å². The average Bonchev–Trinajstić information content (AvgIpc) is 2.80. The average molecular weight is 293 g/mol. The van der Waals surface area contributed by atoms with E-state index in [-0.39, 0.29) is 11.9 Å². The Morgan fingerprint density at radius 2 is 2.15 bits per heavy atom. The number of hydrogen-bond donors (Lipinski definition) is 0. The van der Waals surface area contributed by atoms with Gasteiger partial charge in [-0.15, -0.1) is 0 Å². The number of aromatic nitrogens is 1. The zero-order valence-electron chi connectivity index (χ0n) is 11.8. The highest BCUT2D eigenvalue weighted by Gasteiger charge is 2.20. The predicted molar refractivity (Wildman–Crippen MR) is 77.7 cm³/mol. The third kappa shape index (κ3) is 3.39. The molecule has 1 amide bonds. The zero-order chi connectivity index (χ0) is 14.7. The Labute approximate surface area is 123 Å². The molecule has 0 spiro atoms. The standard InChI is InChI=1S/C15H17ClN2O2/c1-10(2)18(9-13-5-4-11(3)20-13)15(19)12-6-7-17-14(16)8-12/h4-8,10H,9H2,1-3H3. The molecule has 0 atom stereocenters. The molecule has 0 saturated carbocycles. The maximum atomic E-state index is 12.5. The van der Waals surface area contributed by atoms with Crippen LogP contribution in [0.4, 0.5) is 0 Å². The quantitative estimate of drug-likeness (QED) is 0.808. The van der Waals surface area contributed by atoms with E-state index in [2.05, 4.69) is 4.98 Å². The summed E-state index contributed by atoms with van der Waals surface area (Å²) in [4.78, 5) is 18.2. The molecule has 5 heteroatoms. The summed E-state index contributed by atoms with van der Waals surface area (Å²) in [5, 5.41) is 0.313. The highest BCUT2D eigenvalue weighted by atomic mass is 35.5. The number of pyridine rings is 1. The van der Waals surface area contributed by atoms with Crippen LogP contribution in [0.25, 0.3) is 0 Å². The van der Waals surface area contributed by atoms with Crippen LogP contribution in [0.3, 0.4) is 0 Å². The summed E-state index contributed by atoms with van der Waals surface area (Å²) in [7, 11) is 0. The minimum atomic E-state index is -0.0849. The minimum Gasteiger partial charge on any atom is -0.464 e. The van der Waals surface area contributed by atoms with Gasteiger partial charge in [-0.05, 0) is 45.0 Å². The largest absolute Gasteiger partial charge is 0.464 e. The Kier molecular flexibility index (Phi) is 4.45. The molecule has 0 aliphatic heterocycles. The van der Waals surface area contributed by atoms with Crippen LogP contribution < -0.4 is 0 Å². The summed E-state index contributed by atoms with van der Waals surface area (Å²) in [6.45, 7) is 6.25. The summed E-state index contributed by atoms with van der Waals surface area (Å²) < 4.78 is 5.54. The van der Waals surface area contributed by atoms with Gasteiger partial charge < -0.3 is 9.32 Å². The van der Waals surface area contributed by atoms with Crippen molar-refractivity contribution in [3.8, 4) is 0 Å². The van der Waals surface area contributed by atoms with Crippen LogP contribution in [0.15, 0.2) is 34.9 Å². The molecule has 0 N–H and O–H groups in total. The van der Waals surface area contributed by atoms with Gasteiger partial charge >= 0.3 is 0 Å². The number of carbonyl (C=O) groups is 1. The number of carbonyl (C=O) groups excluding carboxylic acids is 1. The van der Waals surface area contributed by atoms with Gasteiger partial charge in [-0.1, -0.05) is 11.6 Å². The molecule has 0 radical (unpaired) electrons. The highest BCUT2D eigenvalue weighted by Crippen LogP contribution is 2.16. The summed E-state index contributed by atoms with van der Waals surface area (Å²) in [5.41, 5.74) is 0.530. The highest BCUT2D eigenvalue weighted by molar-refractivity contribution is 6.29. The van der Waals surface area contributed by atoms with Crippen LogP contribution in [0.1, 0.15) is 35.7 Å². The molecule has 20 heavy (non-hydrogen) atoms. The fraction of sp³-hybridized carbons (Fsp3) is 0.333. The topological polar surface area (TPSA) is 46.3 Å². The Morgan fingerprint density at radius 1 is 1.40 bits per heavy atom. The van der Waals surface area contributed by atoms with Gasteiger partial charge in [-0.2, -0.15) is 0 Å². The third-order valence-corrected chi connectivity index (χ3v) is 3.19. The first-order valence-corrected chi connectivity index (χ1v) is 6.83. The SMILES string of the molecule is Cc1ccc(CN(C(=O)c2ccnc(Cl)c2)C(C)C)o1. The predicted octanol–water partition coefficient (Wildman–Crippen LogP) is 3.69. The molecule has 0 aromatic carbocycles. The van der Waals surface area contributed by atoms with Crippen LogP contribution in [0.2, 0.25) is 5.15 Å². The van der Waals surface area contributed by atoms with E-state index in [0.717, 1.165) is 11.5 Å². The van der Waals surface area contributed by atoms with E-state index in [1.165, 1.54) is 6.20 Å². The molecule has 2 aromatic rings. The molecule has 0 fully saturated rings. The smallest absolute Gasteiger partial charge is 0.254 e. The van der Waals surface area contributed by atoms with E-state index in [0.29, 0.717) is 17.3 Å². The maximum Gasteiger partial charge on any atom is 0.254 e. The van der Waals surface area contributed by atoms with Gasteiger partial charge in [0.25, 0.3) is 5.91 Å². The number of nitrogens with zero attached hydrogens (tertiary/aromatic N) is 2. The molecule has 4 nitrogen and oxygen atoms in total. The summed E-state index contributed by atoms with van der Waals surface area (Å²) >= 11 is 5.84. The van der Waals surface area contributed by atoms with Crippen LogP contribution in [-0.2, 0) is 6.54 Å². The summed E-state index contributed by atoms with van der Waals surface area (Å²) in [6.07, 6.45) is 1.53. The lowest BCUT2D eigenvalue weighted by Crippen LogP contribution is -2.36. The van der Waals surface area contributed by atoms with Crippen molar-refractivity contribution in [2.24, 2.45) is 0 Å². The monoisotopic (exact) mass is 292 g/mol. The fourth-order valence-electron chi connectivity index (χ4n) is 1.93. The Bertz CT molecular complexity index is 607. The van der Waals surface area contributed by atoms with E-state index in [9.17, 15) is 4.79 Å². The molecule has 0 unspecified atom stereocenters. The van der Waals surface area contributed by atoms with E-state index in [1.54, 1.807) is 17.0 Å². The number of rotatable bonds is 4. The molecule has 0 aliphatic carbocycles. The van der Waals surface area contributed by atoms with Crippen molar-refractivity contribution >= 4 is 17.5 Å². The lowest BCUT2D eigenvalue weighted by atomic mass is 10.2. The summed E-state index contributed by atoms with van der Waals surface area (Å²) in [5.74, 6) is 1.52. The fourth-order valence-corrected chi connectivity index (χ4v) is 2.10. The minimum absolute atomic E-state index is 0.0554. The Morgan fingerprint density at radius 3 is 2.70 bits per heavy atom. The van der Waals surface area contributed by atoms with Crippen LogP contribution >= 0.6 is 11.6 Å². The van der Waals surface area contributed by atoms with E-state index in [1.807, 2.05) is 32.9 Å². The zero-order valence-corrected chi connectivity index (χ0v) is 12.5. The van der Waals surface area contributed by atoms with Crippen molar-refractivity contribution < 1.29 is 9.21 Å².